The van der Waals surface area contributed by atoms with Crippen LogP contribution in [-0.2, 0) is 20.6 Å². The smallest absolute Gasteiger partial charge is 0.151 e. The number of hydrogen-bond acceptors (Lipinski definition) is 4. The van der Waals surface area contributed by atoms with Crippen molar-refractivity contribution in [2.45, 2.75) is 24.1 Å². The summed E-state index contributed by atoms with van der Waals surface area (Å²) in [4.78, 5) is 0. The first kappa shape index (κ1) is 10.6. The minimum Gasteiger partial charge on any atom is -0.313 e. The van der Waals surface area contributed by atoms with Crippen LogP contribution in [0.3, 0.4) is 0 Å². The monoisotopic (exact) mass is 237 g/mol. The molecule has 2 aliphatic heterocycles. The van der Waals surface area contributed by atoms with E-state index in [1.165, 1.54) is 0 Å². The molecule has 0 amide bonds. The molecule has 0 spiro atoms. The van der Waals surface area contributed by atoms with Crippen molar-refractivity contribution < 1.29 is 12.6 Å². The molecule has 0 aromatic carbocycles. The van der Waals surface area contributed by atoms with Gasteiger partial charge in [0.2, 0.25) is 0 Å². The molecule has 0 saturated carbocycles. The Labute approximate surface area is 86.8 Å². The molecule has 0 aromatic rings. The lowest BCUT2D eigenvalue weighted by Crippen LogP contribution is -2.49. The predicted molar refractivity (Wildman–Crippen MR) is 56.5 cm³/mol. The van der Waals surface area contributed by atoms with E-state index in [9.17, 15) is 12.6 Å². The second-order valence-corrected chi connectivity index (χ2v) is 7.94. The summed E-state index contributed by atoms with van der Waals surface area (Å²) in [6.07, 6.45) is 1.51. The molecule has 0 aliphatic carbocycles. The van der Waals surface area contributed by atoms with Crippen molar-refractivity contribution in [1.29, 1.82) is 0 Å². The average Bonchev–Trinajstić information content (AvgIpc) is 2.28. The second kappa shape index (κ2) is 3.90. The summed E-state index contributed by atoms with van der Waals surface area (Å²) in [7, 11) is -3.90. The Hall–Kier alpha value is 0.0600. The molecule has 4 nitrogen and oxygen atoms in total. The molecule has 3 unspecified atom stereocenters. The minimum atomic E-state index is -2.94. The number of hydrogen-bond donors (Lipinski definition) is 1. The third-order valence-corrected chi connectivity index (χ3v) is 6.67. The Kier molecular flexibility index (Phi) is 2.95. The van der Waals surface area contributed by atoms with Gasteiger partial charge in [0, 0.05) is 22.6 Å². The summed E-state index contributed by atoms with van der Waals surface area (Å²) < 4.78 is 34.5. The van der Waals surface area contributed by atoms with E-state index >= 15 is 0 Å². The van der Waals surface area contributed by atoms with E-state index in [1.807, 2.05) is 0 Å². The fourth-order valence-corrected chi connectivity index (χ4v) is 6.16. The standard InChI is InChI=1S/C8H15NO3S2/c10-13-4-1-3-9-7-2-5-14(11,12)6-8(7)13/h7-9H,1-6H2. The van der Waals surface area contributed by atoms with Gasteiger partial charge in [0.05, 0.1) is 16.8 Å². The molecular formula is C8H15NO3S2. The van der Waals surface area contributed by atoms with Gasteiger partial charge in [-0.05, 0) is 19.4 Å². The zero-order valence-corrected chi connectivity index (χ0v) is 9.57. The minimum absolute atomic E-state index is 0.108. The van der Waals surface area contributed by atoms with Crippen LogP contribution < -0.4 is 5.32 Å². The van der Waals surface area contributed by atoms with Crippen LogP contribution in [0.15, 0.2) is 0 Å². The van der Waals surface area contributed by atoms with E-state index in [1.54, 1.807) is 0 Å². The van der Waals surface area contributed by atoms with Crippen LogP contribution in [0.1, 0.15) is 12.8 Å². The Morgan fingerprint density at radius 1 is 1.36 bits per heavy atom. The van der Waals surface area contributed by atoms with Crippen molar-refractivity contribution in [1.82, 2.24) is 5.32 Å². The van der Waals surface area contributed by atoms with Gasteiger partial charge < -0.3 is 5.32 Å². The largest absolute Gasteiger partial charge is 0.313 e. The highest BCUT2D eigenvalue weighted by Gasteiger charge is 2.37. The summed E-state index contributed by atoms with van der Waals surface area (Å²) >= 11 is 0. The maximum atomic E-state index is 11.7. The molecular weight excluding hydrogens is 222 g/mol. The Morgan fingerprint density at radius 2 is 2.14 bits per heavy atom. The molecule has 14 heavy (non-hydrogen) atoms. The van der Waals surface area contributed by atoms with Crippen molar-refractivity contribution in [3.63, 3.8) is 0 Å². The topological polar surface area (TPSA) is 63.2 Å². The first-order valence-corrected chi connectivity index (χ1v) is 8.10. The zero-order valence-electron chi connectivity index (χ0n) is 7.94. The van der Waals surface area contributed by atoms with Gasteiger partial charge in [0.15, 0.2) is 9.84 Å². The summed E-state index contributed by atoms with van der Waals surface area (Å²) in [5.74, 6) is 0.999. The third-order valence-electron chi connectivity index (χ3n) is 2.87. The van der Waals surface area contributed by atoms with E-state index in [0.717, 1.165) is 13.0 Å². The lowest BCUT2D eigenvalue weighted by Gasteiger charge is -2.29. The van der Waals surface area contributed by atoms with Crippen molar-refractivity contribution >= 4 is 20.6 Å². The molecule has 2 fully saturated rings. The normalized spacial score (nSPS) is 42.4. The van der Waals surface area contributed by atoms with E-state index in [0.29, 0.717) is 12.2 Å². The van der Waals surface area contributed by atoms with Crippen molar-refractivity contribution in [2.75, 3.05) is 23.8 Å². The van der Waals surface area contributed by atoms with Gasteiger partial charge in [0.25, 0.3) is 0 Å². The molecule has 3 atom stereocenters. The van der Waals surface area contributed by atoms with Gasteiger partial charge in [-0.1, -0.05) is 0 Å². The highest BCUT2D eigenvalue weighted by atomic mass is 32.2. The molecule has 0 bridgehead atoms. The van der Waals surface area contributed by atoms with Crippen LogP contribution in [0.4, 0.5) is 0 Å². The maximum Gasteiger partial charge on any atom is 0.151 e. The highest BCUT2D eigenvalue weighted by molar-refractivity contribution is 7.93. The van der Waals surface area contributed by atoms with Gasteiger partial charge in [0.1, 0.15) is 0 Å². The van der Waals surface area contributed by atoms with Crippen LogP contribution >= 0.6 is 0 Å². The quantitative estimate of drug-likeness (QED) is 0.604. The first-order chi connectivity index (χ1) is 6.58. The Balaban J connectivity index is 2.20. The number of nitrogens with one attached hydrogen (secondary N) is 1. The molecule has 0 radical (unpaired) electrons. The Morgan fingerprint density at radius 3 is 2.93 bits per heavy atom. The number of sulfone groups is 1. The first-order valence-electron chi connectivity index (χ1n) is 4.89. The van der Waals surface area contributed by atoms with Gasteiger partial charge in [-0.2, -0.15) is 0 Å². The van der Waals surface area contributed by atoms with Crippen LogP contribution in [0.25, 0.3) is 0 Å². The van der Waals surface area contributed by atoms with Gasteiger partial charge in [-0.3, -0.25) is 4.21 Å². The summed E-state index contributed by atoms with van der Waals surface area (Å²) in [5, 5.41) is 3.12. The molecule has 82 valence electrons. The fourth-order valence-electron chi connectivity index (χ4n) is 2.09. The third kappa shape index (κ3) is 2.17. The van der Waals surface area contributed by atoms with Crippen molar-refractivity contribution in [3.8, 4) is 0 Å². The molecule has 2 rings (SSSR count). The van der Waals surface area contributed by atoms with E-state index in [2.05, 4.69) is 5.32 Å². The zero-order chi connectivity index (χ0) is 10.2. The van der Waals surface area contributed by atoms with Crippen LogP contribution in [0.5, 0.6) is 0 Å². The van der Waals surface area contributed by atoms with E-state index < -0.39 is 20.6 Å². The van der Waals surface area contributed by atoms with Crippen LogP contribution in [0, 0.1) is 0 Å². The highest BCUT2D eigenvalue weighted by Crippen LogP contribution is 2.20. The van der Waals surface area contributed by atoms with Crippen molar-refractivity contribution in [2.24, 2.45) is 0 Å². The van der Waals surface area contributed by atoms with E-state index in [4.69, 9.17) is 0 Å². The van der Waals surface area contributed by atoms with Gasteiger partial charge >= 0.3 is 0 Å². The molecule has 2 saturated heterocycles. The maximum absolute atomic E-state index is 11.7. The summed E-state index contributed by atoms with van der Waals surface area (Å²) in [6.45, 7) is 0.868. The lowest BCUT2D eigenvalue weighted by molar-refractivity contribution is 0.477. The Bertz CT molecular complexity index is 338. The summed E-state index contributed by atoms with van der Waals surface area (Å²) in [6, 6.07) is 0.154. The van der Waals surface area contributed by atoms with Gasteiger partial charge in [-0.15, -0.1) is 0 Å². The molecule has 6 heteroatoms. The molecule has 2 heterocycles. The summed E-state index contributed by atoms with van der Waals surface area (Å²) in [5.41, 5.74) is 0. The average molecular weight is 237 g/mol. The molecule has 1 N–H and O–H groups in total. The predicted octanol–water partition coefficient (Wildman–Crippen LogP) is -0.716. The lowest BCUT2D eigenvalue weighted by atomic mass is 10.1. The van der Waals surface area contributed by atoms with E-state index in [-0.39, 0.29) is 22.8 Å². The second-order valence-electron chi connectivity index (χ2n) is 3.94. The SMILES string of the molecule is O=S1CCCNC2CCS(=O)(=O)CC21. The number of rotatable bonds is 0. The number of fused-ring (bicyclic) bond motifs is 1. The molecule has 2 aliphatic rings. The van der Waals surface area contributed by atoms with Gasteiger partial charge in [-0.25, -0.2) is 8.42 Å². The fraction of sp³-hybridized carbons (Fsp3) is 1.00. The van der Waals surface area contributed by atoms with Crippen LogP contribution in [0.2, 0.25) is 0 Å². The molecule has 0 aromatic heterocycles. The van der Waals surface area contributed by atoms with Crippen molar-refractivity contribution in [3.05, 3.63) is 0 Å². The van der Waals surface area contributed by atoms with Crippen LogP contribution in [-0.4, -0.2) is 47.7 Å².